The van der Waals surface area contributed by atoms with E-state index in [-0.39, 0.29) is 25.3 Å². The molecule has 0 saturated carbocycles. The number of hydrogen-bond donors (Lipinski definition) is 4. The molecule has 3 rings (SSSR count). The van der Waals surface area contributed by atoms with E-state index >= 15 is 0 Å². The number of nitrogens with two attached hydrogens (primary N) is 1. The van der Waals surface area contributed by atoms with Gasteiger partial charge in [0.15, 0.2) is 5.13 Å². The molecule has 0 aliphatic carbocycles. The summed E-state index contributed by atoms with van der Waals surface area (Å²) >= 11 is 1.29. The molecule has 5 N–H and O–H groups in total. The van der Waals surface area contributed by atoms with Crippen molar-refractivity contribution in [1.29, 1.82) is 0 Å². The smallest absolute Gasteiger partial charge is 0.230 e. The van der Waals surface area contributed by atoms with Crippen LogP contribution in [0.4, 0.5) is 10.8 Å². The standard InChI is InChI=1S/C21H24N4O2S/c22-21-25-18(14-28-21)12-20(27)24-17-8-6-15(7-9-17)10-11-23-13-19(26)16-4-2-1-3-5-16/h1-9,14,19,23,26H,10-13H2,(H2,22,25)(H,24,27)/t19-/m1/s1/i11D2. The first kappa shape index (κ1) is 17.4. The number of rotatable bonds is 9. The van der Waals surface area contributed by atoms with Gasteiger partial charge in [-0.25, -0.2) is 4.98 Å². The number of nitrogen functional groups attached to an aromatic ring is 1. The van der Waals surface area contributed by atoms with Crippen LogP contribution in [-0.4, -0.2) is 29.0 Å². The molecule has 0 aliphatic heterocycles. The Morgan fingerprint density at radius 3 is 2.64 bits per heavy atom. The van der Waals surface area contributed by atoms with Crippen molar-refractivity contribution >= 4 is 28.1 Å². The number of nitrogens with one attached hydrogen (secondary N) is 2. The molecule has 28 heavy (non-hydrogen) atoms. The average molecular weight is 399 g/mol. The predicted molar refractivity (Wildman–Crippen MR) is 113 cm³/mol. The Bertz CT molecular complexity index is 965. The highest BCUT2D eigenvalue weighted by Crippen LogP contribution is 2.14. The SMILES string of the molecule is [2H]C([2H])(Cc1ccc(NC(=O)Cc2csc(N)n2)cc1)NC[C@@H](O)c1ccccc1. The highest BCUT2D eigenvalue weighted by Gasteiger charge is 2.08. The number of aryl methyl sites for hydroxylation is 1. The normalized spacial score (nSPS) is 13.5. The molecule has 3 aromatic rings. The molecule has 1 aromatic heterocycles. The maximum Gasteiger partial charge on any atom is 0.230 e. The van der Waals surface area contributed by atoms with E-state index in [0.717, 1.165) is 11.1 Å². The van der Waals surface area contributed by atoms with Crippen molar-refractivity contribution in [1.82, 2.24) is 10.3 Å². The average Bonchev–Trinajstić information content (AvgIpc) is 3.12. The minimum Gasteiger partial charge on any atom is -0.387 e. The fourth-order valence-corrected chi connectivity index (χ4v) is 3.17. The van der Waals surface area contributed by atoms with E-state index in [1.54, 1.807) is 41.8 Å². The van der Waals surface area contributed by atoms with Gasteiger partial charge in [0, 0.05) is 20.4 Å². The van der Waals surface area contributed by atoms with Gasteiger partial charge in [-0.2, -0.15) is 0 Å². The largest absolute Gasteiger partial charge is 0.387 e. The molecule has 1 atom stereocenters. The van der Waals surface area contributed by atoms with Crippen molar-refractivity contribution in [2.24, 2.45) is 0 Å². The Labute approximate surface area is 171 Å². The first-order valence-corrected chi connectivity index (χ1v) is 9.75. The number of carbonyl (C=O) groups excluding carboxylic acids is 1. The van der Waals surface area contributed by atoms with Crippen LogP contribution in [-0.2, 0) is 17.6 Å². The quantitative estimate of drug-likeness (QED) is 0.444. The summed E-state index contributed by atoms with van der Waals surface area (Å²) in [5.74, 6) is -0.194. The van der Waals surface area contributed by atoms with Crippen LogP contribution in [0.1, 0.15) is 25.7 Å². The van der Waals surface area contributed by atoms with E-state index < -0.39 is 12.6 Å². The van der Waals surface area contributed by atoms with E-state index in [4.69, 9.17) is 8.48 Å². The zero-order chi connectivity index (χ0) is 21.6. The topological polar surface area (TPSA) is 100 Å². The van der Waals surface area contributed by atoms with Gasteiger partial charge in [0.05, 0.1) is 18.2 Å². The summed E-state index contributed by atoms with van der Waals surface area (Å²) in [5, 5.41) is 18.0. The Balaban J connectivity index is 1.49. The third-order valence-corrected chi connectivity index (χ3v) is 4.77. The monoisotopic (exact) mass is 398 g/mol. The summed E-state index contributed by atoms with van der Waals surface area (Å²) in [6.07, 6.45) is -0.515. The Kier molecular flexibility index (Phi) is 6.19. The van der Waals surface area contributed by atoms with Crippen molar-refractivity contribution in [3.63, 3.8) is 0 Å². The van der Waals surface area contributed by atoms with Gasteiger partial charge in [-0.3, -0.25) is 4.79 Å². The summed E-state index contributed by atoms with van der Waals surface area (Å²) in [6, 6.07) is 16.1. The third kappa shape index (κ3) is 6.16. The molecule has 1 amide bonds. The third-order valence-electron chi connectivity index (χ3n) is 4.05. The van der Waals surface area contributed by atoms with Gasteiger partial charge in [-0.05, 0) is 36.2 Å². The molecule has 0 fully saturated rings. The number of carbonyl (C=O) groups is 1. The maximum absolute atomic E-state index is 12.1. The number of thiazole rings is 1. The van der Waals surface area contributed by atoms with E-state index in [0.29, 0.717) is 16.5 Å². The van der Waals surface area contributed by atoms with Crippen LogP contribution >= 0.6 is 11.3 Å². The Morgan fingerprint density at radius 2 is 1.96 bits per heavy atom. The summed E-state index contributed by atoms with van der Waals surface area (Å²) in [7, 11) is 0. The first-order chi connectivity index (χ1) is 14.3. The van der Waals surface area contributed by atoms with Gasteiger partial charge >= 0.3 is 0 Å². The lowest BCUT2D eigenvalue weighted by molar-refractivity contribution is -0.115. The lowest BCUT2D eigenvalue weighted by Gasteiger charge is -2.12. The molecule has 0 saturated heterocycles. The summed E-state index contributed by atoms with van der Waals surface area (Å²) in [5.41, 5.74) is 8.33. The molecule has 1 heterocycles. The van der Waals surface area contributed by atoms with Crippen LogP contribution in [0, 0.1) is 0 Å². The number of benzene rings is 2. The molecule has 2 aromatic carbocycles. The minimum atomic E-state index is -1.69. The van der Waals surface area contributed by atoms with E-state index in [9.17, 15) is 9.90 Å². The zero-order valence-corrected chi connectivity index (χ0v) is 16.1. The lowest BCUT2D eigenvalue weighted by Crippen LogP contribution is -2.23. The van der Waals surface area contributed by atoms with Gasteiger partial charge < -0.3 is 21.5 Å². The van der Waals surface area contributed by atoms with Gasteiger partial charge in [0.2, 0.25) is 5.91 Å². The second kappa shape index (κ2) is 9.98. The van der Waals surface area contributed by atoms with Gasteiger partial charge in [-0.1, -0.05) is 42.5 Å². The second-order valence-electron chi connectivity index (χ2n) is 6.26. The number of anilines is 2. The summed E-state index contributed by atoms with van der Waals surface area (Å²) < 4.78 is 16.3. The number of aliphatic hydroxyl groups excluding tert-OH is 1. The van der Waals surface area contributed by atoms with Gasteiger partial charge in [-0.15, -0.1) is 11.3 Å². The summed E-state index contributed by atoms with van der Waals surface area (Å²) in [6.45, 7) is -1.59. The molecular formula is C21H24N4O2S. The van der Waals surface area contributed by atoms with Crippen LogP contribution in [0.3, 0.4) is 0 Å². The number of amides is 1. The molecule has 0 bridgehead atoms. The molecular weight excluding hydrogens is 372 g/mol. The molecule has 0 spiro atoms. The number of nitrogens with zero attached hydrogens (tertiary/aromatic N) is 1. The number of hydrogen-bond acceptors (Lipinski definition) is 6. The van der Waals surface area contributed by atoms with Crippen molar-refractivity contribution in [3.05, 3.63) is 76.8 Å². The van der Waals surface area contributed by atoms with E-state index in [1.807, 2.05) is 18.2 Å². The highest BCUT2D eigenvalue weighted by atomic mass is 32.1. The fourth-order valence-electron chi connectivity index (χ4n) is 2.61. The molecule has 6 nitrogen and oxygen atoms in total. The van der Waals surface area contributed by atoms with Crippen LogP contribution in [0.15, 0.2) is 60.0 Å². The predicted octanol–water partition coefficient (Wildman–Crippen LogP) is 2.77. The molecule has 0 unspecified atom stereocenters. The number of aliphatic hydroxyl groups is 1. The number of aromatic nitrogens is 1. The van der Waals surface area contributed by atoms with Gasteiger partial charge in [0.25, 0.3) is 0 Å². The highest BCUT2D eigenvalue weighted by molar-refractivity contribution is 7.13. The molecule has 0 radical (unpaired) electrons. The second-order valence-corrected chi connectivity index (χ2v) is 7.15. The van der Waals surface area contributed by atoms with Crippen LogP contribution < -0.4 is 16.4 Å². The van der Waals surface area contributed by atoms with Crippen LogP contribution in [0.25, 0.3) is 0 Å². The van der Waals surface area contributed by atoms with Gasteiger partial charge in [0.1, 0.15) is 0 Å². The first-order valence-electron chi connectivity index (χ1n) is 9.87. The fraction of sp³-hybridized carbons (Fsp3) is 0.238. The Morgan fingerprint density at radius 1 is 1.21 bits per heavy atom. The van der Waals surface area contributed by atoms with Crippen molar-refractivity contribution in [2.45, 2.75) is 18.9 Å². The van der Waals surface area contributed by atoms with E-state index in [2.05, 4.69) is 15.6 Å². The van der Waals surface area contributed by atoms with Crippen LogP contribution in [0.5, 0.6) is 0 Å². The maximum atomic E-state index is 12.1. The van der Waals surface area contributed by atoms with Crippen molar-refractivity contribution in [2.75, 3.05) is 24.1 Å². The van der Waals surface area contributed by atoms with E-state index in [1.165, 1.54) is 11.3 Å². The van der Waals surface area contributed by atoms with Crippen molar-refractivity contribution < 1.29 is 12.6 Å². The Hall–Kier alpha value is -2.74. The zero-order valence-electron chi connectivity index (χ0n) is 17.3. The van der Waals surface area contributed by atoms with Crippen LogP contribution in [0.2, 0.25) is 0 Å². The molecule has 0 aliphatic rings. The molecule has 7 heteroatoms. The minimum absolute atomic E-state index is 0.103. The summed E-state index contributed by atoms with van der Waals surface area (Å²) in [4.78, 5) is 16.2. The molecule has 146 valence electrons. The lowest BCUT2D eigenvalue weighted by atomic mass is 10.1. The van der Waals surface area contributed by atoms with Crippen molar-refractivity contribution in [3.8, 4) is 0 Å².